The van der Waals surface area contributed by atoms with Crippen LogP contribution in [-0.4, -0.2) is 57.3 Å². The zero-order valence-electron chi connectivity index (χ0n) is 11.9. The average molecular weight is 354 g/mol. The van der Waals surface area contributed by atoms with Gasteiger partial charge in [0.1, 0.15) is 12.3 Å². The molecule has 2 N–H and O–H groups in total. The largest absolute Gasteiger partial charge is 0.465 e. The fourth-order valence-corrected chi connectivity index (χ4v) is 4.20. The minimum atomic E-state index is -0.599. The van der Waals surface area contributed by atoms with Gasteiger partial charge in [0.05, 0.1) is 23.3 Å². The Morgan fingerprint density at radius 1 is 1.48 bits per heavy atom. The Morgan fingerprint density at radius 3 is 2.96 bits per heavy atom. The van der Waals surface area contributed by atoms with E-state index in [1.54, 1.807) is 23.9 Å². The van der Waals surface area contributed by atoms with E-state index in [0.29, 0.717) is 17.3 Å². The van der Waals surface area contributed by atoms with Crippen LogP contribution in [0, 0.1) is 0 Å². The van der Waals surface area contributed by atoms with E-state index in [4.69, 9.17) is 4.42 Å². The number of rotatable bonds is 4. The van der Waals surface area contributed by atoms with Gasteiger partial charge in [-0.2, -0.15) is 11.8 Å². The first-order valence-corrected chi connectivity index (χ1v) is 8.86. The smallest absolute Gasteiger partial charge is 0.294 e. The van der Waals surface area contributed by atoms with Crippen LogP contribution in [0.5, 0.6) is 0 Å². The van der Waals surface area contributed by atoms with Crippen LogP contribution in [0.2, 0.25) is 0 Å². The van der Waals surface area contributed by atoms with Crippen LogP contribution in [0.3, 0.4) is 0 Å². The maximum atomic E-state index is 12.2. The number of hydrogen-bond acceptors (Lipinski definition) is 7. The van der Waals surface area contributed by atoms with E-state index < -0.39 is 23.2 Å². The number of imide groups is 1. The number of nitrogens with one attached hydrogen (secondary N) is 1. The first kappa shape index (κ1) is 16.2. The molecule has 0 radical (unpaired) electrons. The van der Waals surface area contributed by atoms with Crippen LogP contribution >= 0.6 is 23.5 Å². The maximum absolute atomic E-state index is 12.2. The highest BCUT2D eigenvalue weighted by atomic mass is 32.2. The van der Waals surface area contributed by atoms with Crippen LogP contribution in [0.4, 0.5) is 4.79 Å². The molecule has 2 atom stereocenters. The first-order chi connectivity index (χ1) is 11.0. The average Bonchev–Trinajstić information content (AvgIpc) is 3.20. The Balaban J connectivity index is 1.62. The molecule has 3 heterocycles. The summed E-state index contributed by atoms with van der Waals surface area (Å²) in [7, 11) is 0. The topological polar surface area (TPSA) is 99.9 Å². The molecule has 7 nitrogen and oxygen atoms in total. The quantitative estimate of drug-likeness (QED) is 0.775. The molecule has 0 saturated carbocycles. The number of hydrogen-bond donors (Lipinski definition) is 2. The van der Waals surface area contributed by atoms with Crippen LogP contribution in [0.25, 0.3) is 6.08 Å². The van der Waals surface area contributed by atoms with Gasteiger partial charge in [-0.1, -0.05) is 0 Å². The van der Waals surface area contributed by atoms with Crippen molar-refractivity contribution in [2.75, 3.05) is 18.1 Å². The summed E-state index contributed by atoms with van der Waals surface area (Å²) in [5, 5.41) is 11.8. The summed E-state index contributed by atoms with van der Waals surface area (Å²) in [6, 6.07) is 3.00. The molecule has 1 aromatic rings. The molecule has 0 bridgehead atoms. The Labute approximate surface area is 140 Å². The molecule has 2 aliphatic heterocycles. The van der Waals surface area contributed by atoms with E-state index in [2.05, 4.69) is 5.32 Å². The highest BCUT2D eigenvalue weighted by Crippen LogP contribution is 2.32. The van der Waals surface area contributed by atoms with Crippen LogP contribution in [0.1, 0.15) is 5.76 Å². The number of aliphatic hydroxyl groups is 1. The second-order valence-corrected chi connectivity index (χ2v) is 7.13. The molecule has 2 saturated heterocycles. The number of carbonyl (C=O) groups excluding carboxylic acids is 3. The Kier molecular flexibility index (Phi) is 4.79. The summed E-state index contributed by atoms with van der Waals surface area (Å²) in [5.41, 5.74) is 0. The molecule has 3 amide bonds. The van der Waals surface area contributed by atoms with Gasteiger partial charge in [-0.15, -0.1) is 0 Å². The summed E-state index contributed by atoms with van der Waals surface area (Å²) >= 11 is 2.31. The monoisotopic (exact) mass is 354 g/mol. The molecule has 1 aromatic heterocycles. The molecular weight excluding hydrogens is 340 g/mol. The van der Waals surface area contributed by atoms with Gasteiger partial charge in [0.2, 0.25) is 5.91 Å². The van der Waals surface area contributed by atoms with Gasteiger partial charge < -0.3 is 14.8 Å². The summed E-state index contributed by atoms with van der Waals surface area (Å²) < 4.78 is 5.11. The minimum Gasteiger partial charge on any atom is -0.465 e. The van der Waals surface area contributed by atoms with Crippen molar-refractivity contribution in [2.45, 2.75) is 12.1 Å². The molecule has 2 aliphatic rings. The van der Waals surface area contributed by atoms with Gasteiger partial charge in [0.15, 0.2) is 0 Å². The molecular formula is C14H14N2O5S2. The van der Waals surface area contributed by atoms with Crippen molar-refractivity contribution in [1.29, 1.82) is 0 Å². The van der Waals surface area contributed by atoms with Crippen molar-refractivity contribution in [3.8, 4) is 0 Å². The highest BCUT2D eigenvalue weighted by Gasteiger charge is 2.37. The molecule has 9 heteroatoms. The summed E-state index contributed by atoms with van der Waals surface area (Å²) in [6.45, 7) is -0.353. The molecule has 0 aliphatic carbocycles. The third-order valence-electron chi connectivity index (χ3n) is 3.39. The maximum Gasteiger partial charge on any atom is 0.294 e. The lowest BCUT2D eigenvalue weighted by molar-refractivity contribution is -0.129. The van der Waals surface area contributed by atoms with Crippen molar-refractivity contribution in [3.05, 3.63) is 29.1 Å². The standard InChI is InChI=1S/C14H14N2O5S2/c17-10-7-22-6-9(10)15-12(18)5-16-13(19)11(23-14(16)20)4-8-2-1-3-21-8/h1-4,9-10,17H,5-7H2,(H,15,18)/b11-4-/t9-,10+/m1/s1. The summed E-state index contributed by atoms with van der Waals surface area (Å²) in [4.78, 5) is 37.2. The molecule has 0 spiro atoms. The number of thioether (sulfide) groups is 2. The van der Waals surface area contributed by atoms with Crippen LogP contribution in [-0.2, 0) is 9.59 Å². The number of carbonyl (C=O) groups is 3. The second kappa shape index (κ2) is 6.81. The Hall–Kier alpha value is -1.71. The minimum absolute atomic E-state index is 0.217. The zero-order valence-corrected chi connectivity index (χ0v) is 13.6. The second-order valence-electron chi connectivity index (χ2n) is 5.06. The van der Waals surface area contributed by atoms with Gasteiger partial charge >= 0.3 is 0 Å². The predicted molar refractivity (Wildman–Crippen MR) is 86.6 cm³/mol. The SMILES string of the molecule is O=C(CN1C(=O)S/C(=C\c2ccco2)C1=O)N[C@@H]1CSC[C@@H]1O. The summed E-state index contributed by atoms with van der Waals surface area (Å²) in [6.07, 6.45) is 2.34. The third-order valence-corrected chi connectivity index (χ3v) is 5.47. The first-order valence-electron chi connectivity index (χ1n) is 6.88. The van der Waals surface area contributed by atoms with Crippen LogP contribution in [0.15, 0.2) is 27.7 Å². The fraction of sp³-hybridized carbons (Fsp3) is 0.357. The molecule has 2 fully saturated rings. The highest BCUT2D eigenvalue weighted by molar-refractivity contribution is 8.18. The third kappa shape index (κ3) is 3.62. The van der Waals surface area contributed by atoms with Gasteiger partial charge in [-0.05, 0) is 23.9 Å². The van der Waals surface area contributed by atoms with Crippen LogP contribution < -0.4 is 5.32 Å². The van der Waals surface area contributed by atoms with Crippen molar-refractivity contribution >= 4 is 46.7 Å². The lowest BCUT2D eigenvalue weighted by atomic mass is 10.2. The van der Waals surface area contributed by atoms with Gasteiger partial charge in [0.25, 0.3) is 11.1 Å². The molecule has 0 unspecified atom stereocenters. The van der Waals surface area contributed by atoms with Crippen molar-refractivity contribution in [1.82, 2.24) is 10.2 Å². The lowest BCUT2D eigenvalue weighted by Crippen LogP contribution is -2.47. The predicted octanol–water partition coefficient (Wildman–Crippen LogP) is 0.908. The normalized spacial score (nSPS) is 26.3. The van der Waals surface area contributed by atoms with Gasteiger partial charge in [0, 0.05) is 17.6 Å². The van der Waals surface area contributed by atoms with E-state index in [-0.39, 0.29) is 17.5 Å². The Morgan fingerprint density at radius 2 is 2.30 bits per heavy atom. The Bertz CT molecular complexity index is 658. The van der Waals surface area contributed by atoms with Crippen molar-refractivity contribution in [2.24, 2.45) is 0 Å². The van der Waals surface area contributed by atoms with Crippen molar-refractivity contribution in [3.63, 3.8) is 0 Å². The van der Waals surface area contributed by atoms with E-state index in [9.17, 15) is 19.5 Å². The van der Waals surface area contributed by atoms with Crippen molar-refractivity contribution < 1.29 is 23.9 Å². The number of amides is 3. The molecule has 122 valence electrons. The molecule has 0 aromatic carbocycles. The van der Waals surface area contributed by atoms with E-state index in [1.165, 1.54) is 12.3 Å². The molecule has 3 rings (SSSR count). The van der Waals surface area contributed by atoms with Gasteiger partial charge in [-0.25, -0.2) is 0 Å². The number of aliphatic hydroxyl groups excluding tert-OH is 1. The summed E-state index contributed by atoms with van der Waals surface area (Å²) in [5.74, 6) is 0.669. The number of nitrogens with zero attached hydrogens (tertiary/aromatic N) is 1. The lowest BCUT2D eigenvalue weighted by Gasteiger charge is -2.18. The zero-order chi connectivity index (χ0) is 16.4. The van der Waals surface area contributed by atoms with E-state index >= 15 is 0 Å². The van der Waals surface area contributed by atoms with Gasteiger partial charge in [-0.3, -0.25) is 19.3 Å². The fourth-order valence-electron chi connectivity index (χ4n) is 2.22. The number of furan rings is 1. The van der Waals surface area contributed by atoms with E-state index in [0.717, 1.165) is 16.7 Å². The van der Waals surface area contributed by atoms with E-state index in [1.807, 2.05) is 0 Å². The molecule has 23 heavy (non-hydrogen) atoms.